The van der Waals surface area contributed by atoms with Crippen molar-refractivity contribution in [3.8, 4) is 6.07 Å². The summed E-state index contributed by atoms with van der Waals surface area (Å²) in [4.78, 5) is 38.4. The molecule has 0 aromatic heterocycles. The highest BCUT2D eigenvalue weighted by atomic mass is 79.9. The number of rotatable bonds is 5. The number of thioether (sulfide) groups is 1. The number of hydrogen-bond donors (Lipinski definition) is 2. The van der Waals surface area contributed by atoms with E-state index in [2.05, 4.69) is 21.2 Å². The van der Waals surface area contributed by atoms with Crippen molar-refractivity contribution in [1.82, 2.24) is 0 Å². The third-order valence-electron chi connectivity index (χ3n) is 4.04. The highest BCUT2D eigenvalue weighted by molar-refractivity contribution is 9.10. The van der Waals surface area contributed by atoms with Crippen LogP contribution in [0.15, 0.2) is 69.7 Å². The molecule has 0 radical (unpaired) electrons. The number of hydrogen-bond acceptors (Lipinski definition) is 5. The van der Waals surface area contributed by atoms with Gasteiger partial charge in [-0.2, -0.15) is 5.26 Å². The maximum atomic E-state index is 13.0. The van der Waals surface area contributed by atoms with Crippen molar-refractivity contribution >= 4 is 56.8 Å². The number of nitrogens with two attached hydrogens (primary N) is 1. The third kappa shape index (κ3) is 4.67. The SMILES string of the molecule is N#C/C(C(N)=O)=C1\S[C@H](CC(=O)Nc2ccc(Br)cc2)C(=O)N1c1ccccc1. The molecule has 3 amide bonds. The first-order chi connectivity index (χ1) is 13.9. The van der Waals surface area contributed by atoms with Crippen molar-refractivity contribution in [3.05, 3.63) is 69.7 Å². The molecular formula is C20H15BrN4O3S. The molecule has 0 unspecified atom stereocenters. The van der Waals surface area contributed by atoms with Crippen LogP contribution in [0.1, 0.15) is 6.42 Å². The number of nitrogens with zero attached hydrogens (tertiary/aromatic N) is 2. The van der Waals surface area contributed by atoms with E-state index in [-0.39, 0.29) is 22.9 Å². The van der Waals surface area contributed by atoms with E-state index in [9.17, 15) is 19.6 Å². The lowest BCUT2D eigenvalue weighted by Gasteiger charge is -2.18. The molecule has 1 aliphatic rings. The van der Waals surface area contributed by atoms with Gasteiger partial charge in [-0.05, 0) is 36.4 Å². The Morgan fingerprint density at radius 3 is 2.41 bits per heavy atom. The van der Waals surface area contributed by atoms with Gasteiger partial charge in [-0.15, -0.1) is 0 Å². The lowest BCUT2D eigenvalue weighted by atomic mass is 10.2. The predicted molar refractivity (Wildman–Crippen MR) is 115 cm³/mol. The normalized spacial score (nSPS) is 17.6. The average molecular weight is 471 g/mol. The molecule has 1 saturated heterocycles. The summed E-state index contributed by atoms with van der Waals surface area (Å²) in [6.07, 6.45) is -0.121. The van der Waals surface area contributed by atoms with E-state index >= 15 is 0 Å². The van der Waals surface area contributed by atoms with Gasteiger partial charge in [0, 0.05) is 22.3 Å². The minimum atomic E-state index is -0.927. The molecule has 2 aromatic rings. The van der Waals surface area contributed by atoms with E-state index < -0.39 is 17.1 Å². The molecule has 0 bridgehead atoms. The van der Waals surface area contributed by atoms with Gasteiger partial charge in [-0.1, -0.05) is 45.9 Å². The van der Waals surface area contributed by atoms with Crippen LogP contribution >= 0.6 is 27.7 Å². The summed E-state index contributed by atoms with van der Waals surface area (Å²) in [6.45, 7) is 0. The van der Waals surface area contributed by atoms with Crippen molar-refractivity contribution in [2.75, 3.05) is 10.2 Å². The van der Waals surface area contributed by atoms with Gasteiger partial charge in [0.1, 0.15) is 16.7 Å². The lowest BCUT2D eigenvalue weighted by Crippen LogP contribution is -2.32. The second-order valence-electron chi connectivity index (χ2n) is 6.03. The Bertz CT molecular complexity index is 1030. The summed E-state index contributed by atoms with van der Waals surface area (Å²) in [5.41, 5.74) is 6.09. The van der Waals surface area contributed by atoms with Gasteiger partial charge in [-0.25, -0.2) is 0 Å². The van der Waals surface area contributed by atoms with Crippen molar-refractivity contribution in [1.29, 1.82) is 5.26 Å². The Labute approximate surface area is 179 Å². The number of primary amides is 1. The molecule has 0 aliphatic carbocycles. The first kappa shape index (κ1) is 20.6. The molecule has 1 heterocycles. The molecule has 1 fully saturated rings. The summed E-state index contributed by atoms with van der Waals surface area (Å²) in [5.74, 6) is -1.68. The first-order valence-corrected chi connectivity index (χ1v) is 10.1. The molecule has 0 spiro atoms. The van der Waals surface area contributed by atoms with E-state index in [0.29, 0.717) is 11.4 Å². The van der Waals surface area contributed by atoms with Crippen LogP contribution in [0.2, 0.25) is 0 Å². The standard InChI is InChI=1S/C20H15BrN4O3S/c21-12-6-8-13(9-7-12)24-17(26)10-16-19(28)25(14-4-2-1-3-5-14)20(29-16)15(11-22)18(23)27/h1-9,16H,10H2,(H2,23,27)(H,24,26)/b20-15+/t16-/m1/s1. The maximum Gasteiger partial charge on any atom is 0.262 e. The largest absolute Gasteiger partial charge is 0.365 e. The van der Waals surface area contributed by atoms with E-state index in [4.69, 9.17) is 5.73 Å². The zero-order chi connectivity index (χ0) is 21.0. The number of halogens is 1. The summed E-state index contributed by atoms with van der Waals surface area (Å²) < 4.78 is 0.876. The van der Waals surface area contributed by atoms with E-state index in [1.165, 1.54) is 4.90 Å². The van der Waals surface area contributed by atoms with Crippen LogP contribution in [0.4, 0.5) is 11.4 Å². The van der Waals surface area contributed by atoms with Crippen LogP contribution in [0.5, 0.6) is 0 Å². The van der Waals surface area contributed by atoms with Crippen LogP contribution in [0.3, 0.4) is 0 Å². The number of benzene rings is 2. The number of carbonyl (C=O) groups is 3. The van der Waals surface area contributed by atoms with E-state index in [1.807, 2.05) is 0 Å². The number of anilines is 2. The van der Waals surface area contributed by atoms with Crippen LogP contribution in [-0.2, 0) is 14.4 Å². The predicted octanol–water partition coefficient (Wildman–Crippen LogP) is 3.15. The molecule has 29 heavy (non-hydrogen) atoms. The van der Waals surface area contributed by atoms with Crippen molar-refractivity contribution < 1.29 is 14.4 Å². The number of nitriles is 1. The molecule has 0 saturated carbocycles. The van der Waals surface area contributed by atoms with E-state index in [1.54, 1.807) is 60.7 Å². The Hall–Kier alpha value is -3.09. The molecule has 1 aliphatic heterocycles. The third-order valence-corrected chi connectivity index (χ3v) is 5.83. The van der Waals surface area contributed by atoms with Crippen molar-refractivity contribution in [3.63, 3.8) is 0 Å². The fourth-order valence-electron chi connectivity index (χ4n) is 2.73. The number of carbonyl (C=O) groups excluding carboxylic acids is 3. The highest BCUT2D eigenvalue weighted by Crippen LogP contribution is 2.41. The number of amides is 3. The minimum Gasteiger partial charge on any atom is -0.365 e. The molecular weight excluding hydrogens is 456 g/mol. The summed E-state index contributed by atoms with van der Waals surface area (Å²) in [5, 5.41) is 11.4. The molecule has 9 heteroatoms. The summed E-state index contributed by atoms with van der Waals surface area (Å²) in [7, 11) is 0. The van der Waals surface area contributed by atoms with Crippen LogP contribution in [-0.4, -0.2) is 23.0 Å². The van der Waals surface area contributed by atoms with Crippen molar-refractivity contribution in [2.24, 2.45) is 5.73 Å². The maximum absolute atomic E-state index is 13.0. The molecule has 7 nitrogen and oxygen atoms in total. The van der Waals surface area contributed by atoms with Gasteiger partial charge in [-0.3, -0.25) is 19.3 Å². The molecule has 3 N–H and O–H groups in total. The molecule has 1 atom stereocenters. The van der Waals surface area contributed by atoms with Gasteiger partial charge in [0.25, 0.3) is 5.91 Å². The van der Waals surface area contributed by atoms with Crippen LogP contribution < -0.4 is 16.0 Å². The Morgan fingerprint density at radius 1 is 1.17 bits per heavy atom. The van der Waals surface area contributed by atoms with E-state index in [0.717, 1.165) is 16.2 Å². The minimum absolute atomic E-state index is 0.121. The van der Waals surface area contributed by atoms with Gasteiger partial charge in [0.2, 0.25) is 11.8 Å². The molecule has 2 aromatic carbocycles. The molecule has 146 valence electrons. The Morgan fingerprint density at radius 2 is 1.83 bits per heavy atom. The lowest BCUT2D eigenvalue weighted by molar-refractivity contribution is -0.121. The van der Waals surface area contributed by atoms with Crippen molar-refractivity contribution in [2.45, 2.75) is 11.7 Å². The number of nitrogens with one attached hydrogen (secondary N) is 1. The second kappa shape index (κ2) is 8.94. The zero-order valence-corrected chi connectivity index (χ0v) is 17.4. The smallest absolute Gasteiger partial charge is 0.262 e. The second-order valence-corrected chi connectivity index (χ2v) is 8.14. The van der Waals surface area contributed by atoms with Gasteiger partial charge >= 0.3 is 0 Å². The van der Waals surface area contributed by atoms with Crippen LogP contribution in [0, 0.1) is 11.3 Å². The van der Waals surface area contributed by atoms with Crippen LogP contribution in [0.25, 0.3) is 0 Å². The Balaban J connectivity index is 1.86. The first-order valence-electron chi connectivity index (χ1n) is 8.46. The van der Waals surface area contributed by atoms with Gasteiger partial charge in [0.15, 0.2) is 0 Å². The quantitative estimate of drug-likeness (QED) is 0.514. The zero-order valence-electron chi connectivity index (χ0n) is 15.0. The summed E-state index contributed by atoms with van der Waals surface area (Å²) in [6, 6.07) is 17.4. The monoisotopic (exact) mass is 470 g/mol. The fourth-order valence-corrected chi connectivity index (χ4v) is 4.26. The fraction of sp³-hybridized carbons (Fsp3) is 0.100. The van der Waals surface area contributed by atoms with Gasteiger partial charge < -0.3 is 11.1 Å². The van der Waals surface area contributed by atoms with Gasteiger partial charge in [0.05, 0.1) is 5.25 Å². The number of para-hydroxylation sites is 1. The molecule has 3 rings (SSSR count). The average Bonchev–Trinajstić information content (AvgIpc) is 3.00. The Kier molecular flexibility index (Phi) is 6.36. The topological polar surface area (TPSA) is 116 Å². The summed E-state index contributed by atoms with van der Waals surface area (Å²) >= 11 is 4.31. The highest BCUT2D eigenvalue weighted by Gasteiger charge is 2.41.